The molecule has 0 saturated carbocycles. The molecule has 0 aliphatic heterocycles. The van der Waals surface area contributed by atoms with E-state index in [9.17, 15) is 0 Å². The van der Waals surface area contributed by atoms with Crippen LogP contribution < -0.4 is 24.3 Å². The second-order valence-electron chi connectivity index (χ2n) is 7.55. The molecule has 0 amide bonds. The Bertz CT molecular complexity index is 1100. The van der Waals surface area contributed by atoms with Gasteiger partial charge in [0.1, 0.15) is 49.4 Å². The summed E-state index contributed by atoms with van der Waals surface area (Å²) in [5, 5.41) is 3.44. The molecule has 0 radical (unpaired) electrons. The molecule has 4 rings (SSSR count). The molecule has 1 N–H and O–H groups in total. The Labute approximate surface area is 200 Å². The molecule has 0 aliphatic carbocycles. The van der Waals surface area contributed by atoms with Gasteiger partial charge in [0.25, 0.3) is 0 Å². The molecule has 0 aliphatic rings. The first-order valence-electron chi connectivity index (χ1n) is 11.4. The molecule has 0 unspecified atom stereocenters. The van der Waals surface area contributed by atoms with E-state index in [1.165, 1.54) is 0 Å². The van der Waals surface area contributed by atoms with Crippen LogP contribution in [0.1, 0.15) is 5.56 Å². The third-order valence-corrected chi connectivity index (χ3v) is 4.98. The van der Waals surface area contributed by atoms with Crippen molar-refractivity contribution in [3.05, 3.63) is 115 Å². The summed E-state index contributed by atoms with van der Waals surface area (Å²) in [5.41, 5.74) is 2.16. The SMILES string of the molecule is c1ccc(OCCOc2ccc(CNc3cccc(OCCOc4ccccc4)c3)cc2)cc1. The lowest BCUT2D eigenvalue weighted by Crippen LogP contribution is -2.09. The van der Waals surface area contributed by atoms with Crippen molar-refractivity contribution in [1.29, 1.82) is 0 Å². The molecule has 0 bridgehead atoms. The zero-order valence-corrected chi connectivity index (χ0v) is 19.1. The predicted molar refractivity (Wildman–Crippen MR) is 135 cm³/mol. The maximum atomic E-state index is 5.82. The average Bonchev–Trinajstić information content (AvgIpc) is 2.90. The third-order valence-electron chi connectivity index (χ3n) is 4.98. The lowest BCUT2D eigenvalue weighted by molar-refractivity contribution is 0.217. The summed E-state index contributed by atoms with van der Waals surface area (Å²) >= 11 is 0. The van der Waals surface area contributed by atoms with E-state index in [1.54, 1.807) is 0 Å². The van der Waals surface area contributed by atoms with Gasteiger partial charge >= 0.3 is 0 Å². The van der Waals surface area contributed by atoms with Crippen molar-refractivity contribution in [3.63, 3.8) is 0 Å². The minimum absolute atomic E-state index is 0.482. The molecule has 4 aromatic carbocycles. The number of nitrogens with one attached hydrogen (secondary N) is 1. The van der Waals surface area contributed by atoms with E-state index in [0.717, 1.165) is 34.2 Å². The first-order chi connectivity index (χ1) is 16.8. The van der Waals surface area contributed by atoms with Crippen LogP contribution in [0.5, 0.6) is 23.0 Å². The van der Waals surface area contributed by atoms with Crippen molar-refractivity contribution in [2.75, 3.05) is 31.7 Å². The fraction of sp³-hybridized carbons (Fsp3) is 0.172. The number of hydrogen-bond donors (Lipinski definition) is 1. The second-order valence-corrected chi connectivity index (χ2v) is 7.55. The van der Waals surface area contributed by atoms with Gasteiger partial charge in [0.05, 0.1) is 0 Å². The van der Waals surface area contributed by atoms with Crippen LogP contribution in [0.25, 0.3) is 0 Å². The molecule has 34 heavy (non-hydrogen) atoms. The van der Waals surface area contributed by atoms with E-state index < -0.39 is 0 Å². The van der Waals surface area contributed by atoms with E-state index in [4.69, 9.17) is 18.9 Å². The summed E-state index contributed by atoms with van der Waals surface area (Å²) in [5.74, 6) is 3.33. The van der Waals surface area contributed by atoms with Gasteiger partial charge in [0.15, 0.2) is 0 Å². The van der Waals surface area contributed by atoms with E-state index in [1.807, 2.05) is 97.1 Å². The molecule has 0 heterocycles. The van der Waals surface area contributed by atoms with Gasteiger partial charge < -0.3 is 24.3 Å². The van der Waals surface area contributed by atoms with Crippen LogP contribution in [0.4, 0.5) is 5.69 Å². The Kier molecular flexibility index (Phi) is 8.68. The first kappa shape index (κ1) is 23.1. The van der Waals surface area contributed by atoms with Gasteiger partial charge in [0.2, 0.25) is 0 Å². The van der Waals surface area contributed by atoms with Crippen LogP contribution in [0.3, 0.4) is 0 Å². The lowest BCUT2D eigenvalue weighted by atomic mass is 10.2. The highest BCUT2D eigenvalue weighted by Crippen LogP contribution is 2.19. The highest BCUT2D eigenvalue weighted by Gasteiger charge is 2.00. The summed E-state index contributed by atoms with van der Waals surface area (Å²) in [7, 11) is 0. The summed E-state index contributed by atoms with van der Waals surface area (Å²) in [6, 6.07) is 35.5. The maximum Gasteiger partial charge on any atom is 0.122 e. The number of hydrogen-bond acceptors (Lipinski definition) is 5. The molecule has 5 heteroatoms. The van der Waals surface area contributed by atoms with E-state index in [2.05, 4.69) is 17.4 Å². The second kappa shape index (κ2) is 12.8. The molecule has 0 aromatic heterocycles. The average molecular weight is 456 g/mol. The van der Waals surface area contributed by atoms with Gasteiger partial charge in [-0.3, -0.25) is 0 Å². The largest absolute Gasteiger partial charge is 0.490 e. The maximum absolute atomic E-state index is 5.82. The van der Waals surface area contributed by atoms with Gasteiger partial charge in [-0.15, -0.1) is 0 Å². The monoisotopic (exact) mass is 455 g/mol. The molecule has 4 aromatic rings. The first-order valence-corrected chi connectivity index (χ1v) is 11.4. The summed E-state index contributed by atoms with van der Waals surface area (Å²) < 4.78 is 22.9. The van der Waals surface area contributed by atoms with Crippen LogP contribution in [0.15, 0.2) is 109 Å². The van der Waals surface area contributed by atoms with Gasteiger partial charge in [-0.1, -0.05) is 54.6 Å². The molecular weight excluding hydrogens is 426 g/mol. The summed E-state index contributed by atoms with van der Waals surface area (Å²) in [6.07, 6.45) is 0. The van der Waals surface area contributed by atoms with Crippen molar-refractivity contribution in [1.82, 2.24) is 0 Å². The Hall–Kier alpha value is -4.12. The Morgan fingerprint density at radius 2 is 0.912 bits per heavy atom. The molecule has 5 nitrogen and oxygen atoms in total. The molecule has 0 saturated heterocycles. The number of benzene rings is 4. The van der Waals surface area contributed by atoms with Gasteiger partial charge in [0, 0.05) is 18.3 Å². The molecular formula is C29H29NO4. The number of para-hydroxylation sites is 2. The van der Waals surface area contributed by atoms with Crippen molar-refractivity contribution < 1.29 is 18.9 Å². The van der Waals surface area contributed by atoms with Gasteiger partial charge in [-0.2, -0.15) is 0 Å². The topological polar surface area (TPSA) is 49.0 Å². The van der Waals surface area contributed by atoms with Gasteiger partial charge in [-0.25, -0.2) is 0 Å². The molecule has 0 fully saturated rings. The fourth-order valence-electron chi connectivity index (χ4n) is 3.28. The normalized spacial score (nSPS) is 10.4. The van der Waals surface area contributed by atoms with Crippen LogP contribution >= 0.6 is 0 Å². The minimum atomic E-state index is 0.482. The standard InChI is InChI=1S/C29H29NO4/c1-3-9-26(10-4-1)31-18-19-33-28-16-14-24(15-17-28)23-30-25-8-7-13-29(22-25)34-21-20-32-27-11-5-2-6-12-27/h1-17,22,30H,18-21,23H2. The van der Waals surface area contributed by atoms with Crippen molar-refractivity contribution in [2.45, 2.75) is 6.54 Å². The predicted octanol–water partition coefficient (Wildman–Crippen LogP) is 6.21. The van der Waals surface area contributed by atoms with Crippen LogP contribution in [-0.2, 0) is 6.54 Å². The highest BCUT2D eigenvalue weighted by atomic mass is 16.5. The smallest absolute Gasteiger partial charge is 0.122 e. The molecule has 174 valence electrons. The minimum Gasteiger partial charge on any atom is -0.490 e. The van der Waals surface area contributed by atoms with Crippen molar-refractivity contribution in [3.8, 4) is 23.0 Å². The lowest BCUT2D eigenvalue weighted by Gasteiger charge is -2.11. The van der Waals surface area contributed by atoms with E-state index >= 15 is 0 Å². The van der Waals surface area contributed by atoms with Crippen molar-refractivity contribution in [2.24, 2.45) is 0 Å². The highest BCUT2D eigenvalue weighted by molar-refractivity contribution is 5.48. The van der Waals surface area contributed by atoms with Crippen LogP contribution in [0.2, 0.25) is 0 Å². The summed E-state index contributed by atoms with van der Waals surface area (Å²) in [4.78, 5) is 0. The third kappa shape index (κ3) is 7.78. The number of ether oxygens (including phenoxy) is 4. The quantitative estimate of drug-likeness (QED) is 0.243. The Balaban J connectivity index is 1.15. The fourth-order valence-corrected chi connectivity index (χ4v) is 3.28. The van der Waals surface area contributed by atoms with Crippen LogP contribution in [0, 0.1) is 0 Å². The molecule has 0 spiro atoms. The Morgan fingerprint density at radius 1 is 0.441 bits per heavy atom. The Morgan fingerprint density at radius 3 is 1.47 bits per heavy atom. The number of rotatable bonds is 13. The molecule has 0 atom stereocenters. The van der Waals surface area contributed by atoms with Gasteiger partial charge in [-0.05, 0) is 54.1 Å². The summed E-state index contributed by atoms with van der Waals surface area (Å²) in [6.45, 7) is 2.68. The van der Waals surface area contributed by atoms with E-state index in [-0.39, 0.29) is 0 Å². The zero-order valence-electron chi connectivity index (χ0n) is 19.1. The zero-order chi connectivity index (χ0) is 23.3. The van der Waals surface area contributed by atoms with E-state index in [0.29, 0.717) is 33.0 Å². The van der Waals surface area contributed by atoms with Crippen molar-refractivity contribution >= 4 is 5.69 Å². The number of anilines is 1. The van der Waals surface area contributed by atoms with Crippen LogP contribution in [-0.4, -0.2) is 26.4 Å².